The standard InChI is InChI=1S/C22H25ClN4O2/c1-3-26-19-14-17(23)13-18(25-11-9-24(2)10-12-25)20(19)21(28)27(22(26)29)15-16-7-5-4-6-8-16/h4-8,13-14H,3,9-12,15H2,1-2H3. The highest BCUT2D eigenvalue weighted by Crippen LogP contribution is 2.29. The van der Waals surface area contributed by atoms with Gasteiger partial charge in [-0.15, -0.1) is 0 Å². The van der Waals surface area contributed by atoms with E-state index in [0.29, 0.717) is 22.5 Å². The molecule has 0 aliphatic carbocycles. The number of hydrogen-bond donors (Lipinski definition) is 0. The van der Waals surface area contributed by atoms with Gasteiger partial charge in [0.25, 0.3) is 5.56 Å². The molecule has 0 saturated carbocycles. The molecule has 2 heterocycles. The SMILES string of the molecule is CCn1c(=O)n(Cc2ccccc2)c(=O)c2c(N3CCN(C)CC3)cc(Cl)cc21. The van der Waals surface area contributed by atoms with E-state index in [1.807, 2.05) is 43.3 Å². The van der Waals surface area contributed by atoms with E-state index in [9.17, 15) is 9.59 Å². The first kappa shape index (κ1) is 19.7. The lowest BCUT2D eigenvalue weighted by Crippen LogP contribution is -2.46. The van der Waals surface area contributed by atoms with Crippen molar-refractivity contribution in [2.24, 2.45) is 0 Å². The number of aromatic nitrogens is 2. The highest BCUT2D eigenvalue weighted by Gasteiger charge is 2.22. The summed E-state index contributed by atoms with van der Waals surface area (Å²) in [5.74, 6) is 0. The molecule has 1 fully saturated rings. The van der Waals surface area contributed by atoms with Gasteiger partial charge in [0.15, 0.2) is 0 Å². The van der Waals surface area contributed by atoms with E-state index in [1.54, 1.807) is 10.6 Å². The van der Waals surface area contributed by atoms with E-state index in [2.05, 4.69) is 16.8 Å². The Kier molecular flexibility index (Phi) is 5.48. The molecule has 0 amide bonds. The Labute approximate surface area is 174 Å². The highest BCUT2D eigenvalue weighted by molar-refractivity contribution is 6.31. The Balaban J connectivity index is 1.96. The number of hydrogen-bond acceptors (Lipinski definition) is 4. The maximum atomic E-state index is 13.5. The number of likely N-dealkylation sites (N-methyl/N-ethyl adjacent to an activating group) is 1. The van der Waals surface area contributed by atoms with Gasteiger partial charge >= 0.3 is 5.69 Å². The van der Waals surface area contributed by atoms with Crippen LogP contribution in [0.25, 0.3) is 10.9 Å². The van der Waals surface area contributed by atoms with E-state index >= 15 is 0 Å². The van der Waals surface area contributed by atoms with Gasteiger partial charge in [0.1, 0.15) is 0 Å². The van der Waals surface area contributed by atoms with Crippen molar-refractivity contribution < 1.29 is 0 Å². The quantitative estimate of drug-likeness (QED) is 0.661. The van der Waals surface area contributed by atoms with Crippen molar-refractivity contribution in [2.75, 3.05) is 38.1 Å². The number of benzene rings is 2. The van der Waals surface area contributed by atoms with Crippen LogP contribution in [-0.2, 0) is 13.1 Å². The Morgan fingerprint density at radius 3 is 2.31 bits per heavy atom. The van der Waals surface area contributed by atoms with Gasteiger partial charge in [0, 0.05) is 37.7 Å². The summed E-state index contributed by atoms with van der Waals surface area (Å²) in [7, 11) is 2.09. The predicted molar refractivity (Wildman–Crippen MR) is 118 cm³/mol. The second-order valence-corrected chi connectivity index (χ2v) is 7.95. The molecule has 29 heavy (non-hydrogen) atoms. The van der Waals surface area contributed by atoms with Crippen LogP contribution in [0.15, 0.2) is 52.1 Å². The second-order valence-electron chi connectivity index (χ2n) is 7.51. The molecular weight excluding hydrogens is 388 g/mol. The molecule has 2 aromatic carbocycles. The molecule has 1 aliphatic heterocycles. The van der Waals surface area contributed by atoms with Crippen LogP contribution < -0.4 is 16.1 Å². The first-order valence-electron chi connectivity index (χ1n) is 9.94. The van der Waals surface area contributed by atoms with Crippen molar-refractivity contribution in [1.29, 1.82) is 0 Å². The molecule has 152 valence electrons. The summed E-state index contributed by atoms with van der Waals surface area (Å²) in [4.78, 5) is 31.1. The Bertz CT molecular complexity index is 1150. The molecule has 1 aromatic heterocycles. The molecule has 7 heteroatoms. The largest absolute Gasteiger partial charge is 0.368 e. The van der Waals surface area contributed by atoms with Gasteiger partial charge in [0.05, 0.1) is 23.1 Å². The van der Waals surface area contributed by atoms with Crippen LogP contribution in [0.2, 0.25) is 5.02 Å². The van der Waals surface area contributed by atoms with Crippen molar-refractivity contribution in [3.8, 4) is 0 Å². The van der Waals surface area contributed by atoms with Crippen molar-refractivity contribution in [1.82, 2.24) is 14.0 Å². The summed E-state index contributed by atoms with van der Waals surface area (Å²) < 4.78 is 2.99. The van der Waals surface area contributed by atoms with Crippen LogP contribution in [0.5, 0.6) is 0 Å². The molecular formula is C22H25ClN4O2. The van der Waals surface area contributed by atoms with Crippen LogP contribution in [0.4, 0.5) is 5.69 Å². The van der Waals surface area contributed by atoms with Crippen LogP contribution >= 0.6 is 11.6 Å². The summed E-state index contributed by atoms with van der Waals surface area (Å²) in [6.45, 7) is 6.09. The molecule has 0 radical (unpaired) electrons. The Morgan fingerprint density at radius 1 is 0.966 bits per heavy atom. The molecule has 0 N–H and O–H groups in total. The van der Waals surface area contributed by atoms with E-state index in [4.69, 9.17) is 11.6 Å². The summed E-state index contributed by atoms with van der Waals surface area (Å²) in [6.07, 6.45) is 0. The molecule has 0 spiro atoms. The van der Waals surface area contributed by atoms with Crippen LogP contribution in [0.1, 0.15) is 12.5 Å². The normalized spacial score (nSPS) is 15.2. The zero-order chi connectivity index (χ0) is 20.5. The first-order chi connectivity index (χ1) is 14.0. The highest BCUT2D eigenvalue weighted by atomic mass is 35.5. The number of aryl methyl sites for hydroxylation is 1. The van der Waals surface area contributed by atoms with Gasteiger partial charge in [0.2, 0.25) is 0 Å². The van der Waals surface area contributed by atoms with Crippen molar-refractivity contribution in [3.63, 3.8) is 0 Å². The van der Waals surface area contributed by atoms with Crippen molar-refractivity contribution >= 4 is 28.2 Å². The summed E-state index contributed by atoms with van der Waals surface area (Å²) in [5.41, 5.74) is 1.77. The molecule has 1 aliphatic rings. The minimum Gasteiger partial charge on any atom is -0.368 e. The smallest absolute Gasteiger partial charge is 0.331 e. The lowest BCUT2D eigenvalue weighted by molar-refractivity contribution is 0.313. The summed E-state index contributed by atoms with van der Waals surface area (Å²) in [5, 5.41) is 1.10. The molecule has 0 unspecified atom stereocenters. The number of fused-ring (bicyclic) bond motifs is 1. The number of anilines is 1. The van der Waals surface area contributed by atoms with Gasteiger partial charge in [-0.1, -0.05) is 41.9 Å². The molecule has 1 saturated heterocycles. The average molecular weight is 413 g/mol. The lowest BCUT2D eigenvalue weighted by Gasteiger charge is -2.34. The fraction of sp³-hybridized carbons (Fsp3) is 0.364. The molecule has 4 rings (SSSR count). The number of rotatable bonds is 4. The zero-order valence-corrected chi connectivity index (χ0v) is 17.5. The van der Waals surface area contributed by atoms with Gasteiger partial charge in [-0.05, 0) is 31.7 Å². The lowest BCUT2D eigenvalue weighted by atomic mass is 10.1. The van der Waals surface area contributed by atoms with Gasteiger partial charge < -0.3 is 9.80 Å². The predicted octanol–water partition coefficient (Wildman–Crippen LogP) is 2.64. The zero-order valence-electron chi connectivity index (χ0n) is 16.8. The third kappa shape index (κ3) is 3.70. The van der Waals surface area contributed by atoms with E-state index in [1.165, 1.54) is 4.57 Å². The Hall–Kier alpha value is -2.57. The van der Waals surface area contributed by atoms with Crippen molar-refractivity contribution in [3.05, 3.63) is 73.9 Å². The van der Waals surface area contributed by atoms with Crippen LogP contribution in [0, 0.1) is 0 Å². The maximum Gasteiger partial charge on any atom is 0.331 e. The van der Waals surface area contributed by atoms with E-state index in [0.717, 1.165) is 37.4 Å². The number of halogens is 1. The fourth-order valence-electron chi connectivity index (χ4n) is 3.99. The van der Waals surface area contributed by atoms with Gasteiger partial charge in [-0.25, -0.2) is 4.79 Å². The summed E-state index contributed by atoms with van der Waals surface area (Å²) in [6, 6.07) is 13.2. The van der Waals surface area contributed by atoms with E-state index in [-0.39, 0.29) is 17.8 Å². The molecule has 6 nitrogen and oxygen atoms in total. The second kappa shape index (κ2) is 8.05. The van der Waals surface area contributed by atoms with Gasteiger partial charge in [-0.2, -0.15) is 0 Å². The third-order valence-corrected chi connectivity index (χ3v) is 5.84. The minimum absolute atomic E-state index is 0.249. The van der Waals surface area contributed by atoms with Gasteiger partial charge in [-0.3, -0.25) is 13.9 Å². The number of piperazine rings is 1. The monoisotopic (exact) mass is 412 g/mol. The number of nitrogens with zero attached hydrogens (tertiary/aromatic N) is 4. The fourth-order valence-corrected chi connectivity index (χ4v) is 4.20. The van der Waals surface area contributed by atoms with E-state index < -0.39 is 0 Å². The molecule has 3 aromatic rings. The average Bonchev–Trinajstić information content (AvgIpc) is 2.72. The van der Waals surface area contributed by atoms with Crippen LogP contribution in [-0.4, -0.2) is 47.3 Å². The summed E-state index contributed by atoms with van der Waals surface area (Å²) >= 11 is 6.41. The first-order valence-corrected chi connectivity index (χ1v) is 10.3. The minimum atomic E-state index is -0.305. The Morgan fingerprint density at radius 2 is 1.66 bits per heavy atom. The van der Waals surface area contributed by atoms with Crippen molar-refractivity contribution in [2.45, 2.75) is 20.0 Å². The maximum absolute atomic E-state index is 13.5. The van der Waals surface area contributed by atoms with Crippen LogP contribution in [0.3, 0.4) is 0 Å². The molecule has 0 atom stereocenters. The topological polar surface area (TPSA) is 50.5 Å². The third-order valence-electron chi connectivity index (χ3n) is 5.62. The molecule has 0 bridgehead atoms.